The van der Waals surface area contributed by atoms with Crippen molar-refractivity contribution < 1.29 is 19.3 Å². The molecule has 9 heteroatoms. The number of hydrogen-bond acceptors (Lipinski definition) is 6. The summed E-state index contributed by atoms with van der Waals surface area (Å²) in [5, 5.41) is 10.8. The lowest BCUT2D eigenvalue weighted by Crippen LogP contribution is -2.49. The minimum atomic E-state index is -0.426. The van der Waals surface area contributed by atoms with Crippen molar-refractivity contribution in [3.8, 4) is 0 Å². The van der Waals surface area contributed by atoms with Crippen LogP contribution in [0.15, 0.2) is 36.4 Å². The Morgan fingerprint density at radius 2 is 1.55 bits per heavy atom. The molecule has 0 unspecified atom stereocenters. The van der Waals surface area contributed by atoms with Crippen molar-refractivity contribution in [3.63, 3.8) is 0 Å². The summed E-state index contributed by atoms with van der Waals surface area (Å²) < 4.78 is 0. The summed E-state index contributed by atoms with van der Waals surface area (Å²) >= 11 is 0. The zero-order valence-electron chi connectivity index (χ0n) is 17.1. The van der Waals surface area contributed by atoms with Crippen molar-refractivity contribution in [2.45, 2.75) is 12.8 Å². The molecule has 4 aliphatic rings. The first-order valence-corrected chi connectivity index (χ1v) is 10.7. The van der Waals surface area contributed by atoms with E-state index < -0.39 is 4.92 Å². The van der Waals surface area contributed by atoms with Crippen LogP contribution in [0.2, 0.25) is 0 Å². The number of benzene rings is 1. The Bertz CT molecular complexity index is 937. The third-order valence-electron chi connectivity index (χ3n) is 7.17. The number of likely N-dealkylation sites (tertiary alicyclic amines) is 1. The fourth-order valence-corrected chi connectivity index (χ4v) is 5.55. The van der Waals surface area contributed by atoms with Crippen molar-refractivity contribution in [1.29, 1.82) is 0 Å². The van der Waals surface area contributed by atoms with E-state index >= 15 is 0 Å². The molecule has 2 bridgehead atoms. The lowest BCUT2D eigenvalue weighted by molar-refractivity contribution is -0.384. The summed E-state index contributed by atoms with van der Waals surface area (Å²) in [6.45, 7) is 2.49. The number of piperazine rings is 1. The summed E-state index contributed by atoms with van der Waals surface area (Å²) in [6.07, 6.45) is 5.18. The molecule has 31 heavy (non-hydrogen) atoms. The van der Waals surface area contributed by atoms with Crippen LogP contribution in [0.3, 0.4) is 0 Å². The molecule has 1 saturated carbocycles. The number of anilines is 1. The maximum absolute atomic E-state index is 12.7. The second-order valence-electron chi connectivity index (χ2n) is 8.72. The molecule has 5 rings (SSSR count). The molecule has 2 saturated heterocycles. The Labute approximate surface area is 179 Å². The van der Waals surface area contributed by atoms with Crippen LogP contribution >= 0.6 is 0 Å². The highest BCUT2D eigenvalue weighted by molar-refractivity contribution is 6.06. The largest absolute Gasteiger partial charge is 0.368 e. The van der Waals surface area contributed by atoms with E-state index in [9.17, 15) is 24.5 Å². The maximum Gasteiger partial charge on any atom is 0.269 e. The Balaban J connectivity index is 1.13. The minimum Gasteiger partial charge on any atom is -0.368 e. The van der Waals surface area contributed by atoms with E-state index in [2.05, 4.69) is 17.1 Å². The molecule has 4 atom stereocenters. The number of carbonyl (C=O) groups excluding carboxylic acids is 3. The van der Waals surface area contributed by atoms with Crippen LogP contribution in [0.1, 0.15) is 12.8 Å². The van der Waals surface area contributed by atoms with Gasteiger partial charge in [0.05, 0.1) is 16.8 Å². The Morgan fingerprint density at radius 1 is 0.968 bits per heavy atom. The van der Waals surface area contributed by atoms with Gasteiger partial charge in [-0.1, -0.05) is 12.2 Å². The van der Waals surface area contributed by atoms with Crippen LogP contribution in [-0.2, 0) is 14.4 Å². The first kappa shape index (κ1) is 19.7. The van der Waals surface area contributed by atoms with E-state index in [0.29, 0.717) is 26.2 Å². The molecule has 3 amide bonds. The van der Waals surface area contributed by atoms with Gasteiger partial charge in [-0.25, -0.2) is 0 Å². The van der Waals surface area contributed by atoms with Crippen LogP contribution in [-0.4, -0.2) is 65.2 Å². The third kappa shape index (κ3) is 3.28. The van der Waals surface area contributed by atoms with E-state index in [0.717, 1.165) is 12.1 Å². The number of nitrogens with zero attached hydrogens (tertiary/aromatic N) is 4. The average Bonchev–Trinajstić information content (AvgIpc) is 3.46. The second-order valence-corrected chi connectivity index (χ2v) is 8.72. The zero-order chi connectivity index (χ0) is 21.7. The van der Waals surface area contributed by atoms with Crippen molar-refractivity contribution in [2.75, 3.05) is 37.6 Å². The van der Waals surface area contributed by atoms with Gasteiger partial charge in [-0.15, -0.1) is 0 Å². The number of rotatable bonds is 5. The normalized spacial score (nSPS) is 29.1. The molecule has 0 radical (unpaired) electrons. The lowest BCUT2D eigenvalue weighted by Gasteiger charge is -2.36. The molecule has 1 aromatic carbocycles. The molecule has 1 aromatic rings. The first-order chi connectivity index (χ1) is 14.9. The molecule has 162 valence electrons. The molecule has 3 fully saturated rings. The number of carbonyl (C=O) groups is 3. The highest BCUT2D eigenvalue weighted by Crippen LogP contribution is 2.52. The van der Waals surface area contributed by atoms with E-state index in [1.54, 1.807) is 17.0 Å². The van der Waals surface area contributed by atoms with E-state index in [-0.39, 0.29) is 60.0 Å². The summed E-state index contributed by atoms with van der Waals surface area (Å²) in [4.78, 5) is 53.7. The number of nitro benzene ring substituents is 1. The van der Waals surface area contributed by atoms with E-state index in [4.69, 9.17) is 0 Å². The topological polar surface area (TPSA) is 104 Å². The number of allylic oxidation sites excluding steroid dienone is 2. The van der Waals surface area contributed by atoms with Crippen LogP contribution < -0.4 is 4.90 Å². The van der Waals surface area contributed by atoms with Crippen molar-refractivity contribution >= 4 is 29.1 Å². The number of fused-ring (bicyclic) bond motifs is 5. The summed E-state index contributed by atoms with van der Waals surface area (Å²) in [5.74, 6) is -0.350. The summed E-state index contributed by atoms with van der Waals surface area (Å²) in [7, 11) is 0. The highest BCUT2D eigenvalue weighted by atomic mass is 16.6. The molecule has 0 spiro atoms. The van der Waals surface area contributed by atoms with Crippen LogP contribution in [0.25, 0.3) is 0 Å². The third-order valence-corrected chi connectivity index (χ3v) is 7.17. The number of amides is 3. The average molecular weight is 424 g/mol. The standard InChI is InChI=1S/C22H24N4O5/c27-18(7-8-25-21(28)19-14-1-2-15(13-14)20(19)22(25)29)24-11-9-23(10-12-24)16-3-5-17(6-4-16)26(30)31/h1-6,14-15,19-20H,7-13H2/t14-,15-,19+,20+/m0/s1. The van der Waals surface area contributed by atoms with Gasteiger partial charge >= 0.3 is 0 Å². The number of nitro groups is 1. The fourth-order valence-electron chi connectivity index (χ4n) is 5.55. The summed E-state index contributed by atoms with van der Waals surface area (Å²) in [5.41, 5.74) is 0.942. The van der Waals surface area contributed by atoms with Crippen LogP contribution in [0.5, 0.6) is 0 Å². The van der Waals surface area contributed by atoms with Gasteiger partial charge in [0.1, 0.15) is 0 Å². The van der Waals surface area contributed by atoms with Gasteiger partial charge in [0.25, 0.3) is 5.69 Å². The Hall–Kier alpha value is -3.23. The SMILES string of the molecule is O=C(CCN1C(=O)[C@H]2[C@H](C1=O)[C@H]1C=C[C@H]2C1)N1CCN(c2ccc([N+](=O)[O-])cc2)CC1. The van der Waals surface area contributed by atoms with Gasteiger partial charge in [-0.05, 0) is 30.4 Å². The highest BCUT2D eigenvalue weighted by Gasteiger charge is 2.59. The van der Waals surface area contributed by atoms with Crippen molar-refractivity contribution in [3.05, 3.63) is 46.5 Å². The van der Waals surface area contributed by atoms with Gasteiger partial charge in [0.15, 0.2) is 0 Å². The van der Waals surface area contributed by atoms with Crippen molar-refractivity contribution in [1.82, 2.24) is 9.80 Å². The molecule has 9 nitrogen and oxygen atoms in total. The number of hydrogen-bond donors (Lipinski definition) is 0. The van der Waals surface area contributed by atoms with Crippen LogP contribution in [0.4, 0.5) is 11.4 Å². The smallest absolute Gasteiger partial charge is 0.269 e. The monoisotopic (exact) mass is 424 g/mol. The molecule has 2 aliphatic carbocycles. The van der Waals surface area contributed by atoms with E-state index in [1.165, 1.54) is 17.0 Å². The van der Waals surface area contributed by atoms with Gasteiger partial charge in [-0.2, -0.15) is 0 Å². The van der Waals surface area contributed by atoms with E-state index in [1.807, 2.05) is 0 Å². The Kier molecular flexibility index (Phi) is 4.75. The van der Waals surface area contributed by atoms with Gasteiger partial charge < -0.3 is 9.80 Å². The quantitative estimate of drug-likeness (QED) is 0.307. The maximum atomic E-state index is 12.7. The molecule has 2 aliphatic heterocycles. The molecule has 0 N–H and O–H groups in total. The number of imide groups is 1. The predicted molar refractivity (Wildman–Crippen MR) is 111 cm³/mol. The van der Waals surface area contributed by atoms with Gasteiger partial charge in [-0.3, -0.25) is 29.4 Å². The molecular weight excluding hydrogens is 400 g/mol. The van der Waals surface area contributed by atoms with Crippen LogP contribution in [0, 0.1) is 33.8 Å². The first-order valence-electron chi connectivity index (χ1n) is 10.7. The molecule has 0 aromatic heterocycles. The second kappa shape index (κ2) is 7.47. The fraction of sp³-hybridized carbons (Fsp3) is 0.500. The molecular formula is C22H24N4O5. The predicted octanol–water partition coefficient (Wildman–Crippen LogP) is 1.44. The van der Waals surface area contributed by atoms with Crippen molar-refractivity contribution in [2.24, 2.45) is 23.7 Å². The molecule has 2 heterocycles. The zero-order valence-corrected chi connectivity index (χ0v) is 17.1. The van der Waals surface area contributed by atoms with Gasteiger partial charge in [0, 0.05) is 57.0 Å². The van der Waals surface area contributed by atoms with Gasteiger partial charge in [0.2, 0.25) is 17.7 Å². The Morgan fingerprint density at radius 3 is 2.10 bits per heavy atom. The summed E-state index contributed by atoms with van der Waals surface area (Å²) in [6, 6.07) is 6.40. The lowest BCUT2D eigenvalue weighted by atomic mass is 9.85. The minimum absolute atomic E-state index is 0.0523. The number of non-ortho nitro benzene ring substituents is 1.